The molecule has 0 aromatic heterocycles. The Labute approximate surface area is 180 Å². The van der Waals surface area contributed by atoms with E-state index < -0.39 is 10.0 Å². The van der Waals surface area contributed by atoms with Gasteiger partial charge in [-0.25, -0.2) is 8.42 Å². The van der Waals surface area contributed by atoms with Gasteiger partial charge in [0.05, 0.1) is 18.0 Å². The Bertz CT molecular complexity index is 922. The minimum atomic E-state index is -3.46. The van der Waals surface area contributed by atoms with Gasteiger partial charge < -0.3 is 10.1 Å². The molecule has 1 N–H and O–H groups in total. The maximum absolute atomic E-state index is 12.6. The van der Waals surface area contributed by atoms with Crippen molar-refractivity contribution in [2.75, 3.05) is 20.2 Å². The molecule has 6 nitrogen and oxygen atoms in total. The van der Waals surface area contributed by atoms with Gasteiger partial charge in [-0.05, 0) is 36.6 Å². The van der Waals surface area contributed by atoms with Crippen molar-refractivity contribution in [1.82, 2.24) is 9.62 Å². The standard InChI is InChI=1S/C23H32N2O4S/c1-5-21(20-10-8-9-11-22(20)29-4)24-23(26)17-14-18-12-15-19(16-13-18)30(27,28)25(6-2)7-3/h8-13,15-16,21H,5-7,14,17H2,1-4H3,(H,24,26). The lowest BCUT2D eigenvalue weighted by atomic mass is 10.0. The third-order valence-electron chi connectivity index (χ3n) is 5.17. The van der Waals surface area contributed by atoms with Gasteiger partial charge in [0.25, 0.3) is 0 Å². The van der Waals surface area contributed by atoms with Crippen molar-refractivity contribution >= 4 is 15.9 Å². The summed E-state index contributed by atoms with van der Waals surface area (Å²) < 4.78 is 32.0. The van der Waals surface area contributed by atoms with Crippen molar-refractivity contribution in [3.63, 3.8) is 0 Å². The number of ether oxygens (including phenoxy) is 1. The predicted molar refractivity (Wildman–Crippen MR) is 119 cm³/mol. The van der Waals surface area contributed by atoms with Gasteiger partial charge in [0, 0.05) is 25.1 Å². The van der Waals surface area contributed by atoms with Gasteiger partial charge in [-0.1, -0.05) is 51.1 Å². The van der Waals surface area contributed by atoms with Crippen LogP contribution in [-0.2, 0) is 21.2 Å². The van der Waals surface area contributed by atoms with E-state index in [-0.39, 0.29) is 16.8 Å². The lowest BCUT2D eigenvalue weighted by Gasteiger charge is -2.20. The van der Waals surface area contributed by atoms with Crippen molar-refractivity contribution in [2.24, 2.45) is 0 Å². The number of hydrogen-bond donors (Lipinski definition) is 1. The number of methoxy groups -OCH3 is 1. The molecule has 164 valence electrons. The summed E-state index contributed by atoms with van der Waals surface area (Å²) in [6, 6.07) is 14.4. The number of nitrogens with zero attached hydrogens (tertiary/aromatic N) is 1. The maximum atomic E-state index is 12.6. The van der Waals surface area contributed by atoms with Crippen LogP contribution in [0, 0.1) is 0 Å². The van der Waals surface area contributed by atoms with E-state index in [0.29, 0.717) is 25.9 Å². The lowest BCUT2D eigenvalue weighted by Crippen LogP contribution is -2.30. The van der Waals surface area contributed by atoms with Gasteiger partial charge in [0.2, 0.25) is 15.9 Å². The van der Waals surface area contributed by atoms with E-state index >= 15 is 0 Å². The van der Waals surface area contributed by atoms with E-state index in [2.05, 4.69) is 5.32 Å². The van der Waals surface area contributed by atoms with Gasteiger partial charge in [-0.2, -0.15) is 4.31 Å². The Morgan fingerprint density at radius 1 is 1.03 bits per heavy atom. The number of benzene rings is 2. The van der Waals surface area contributed by atoms with Crippen LogP contribution in [0.15, 0.2) is 53.4 Å². The lowest BCUT2D eigenvalue weighted by molar-refractivity contribution is -0.121. The molecule has 0 fully saturated rings. The third-order valence-corrected chi connectivity index (χ3v) is 7.23. The monoisotopic (exact) mass is 432 g/mol. The van der Waals surface area contributed by atoms with Crippen LogP contribution in [0.1, 0.15) is 50.8 Å². The molecule has 30 heavy (non-hydrogen) atoms. The first-order valence-electron chi connectivity index (χ1n) is 10.4. The molecule has 2 aromatic rings. The molecule has 0 bridgehead atoms. The zero-order valence-corrected chi connectivity index (χ0v) is 19.0. The number of aryl methyl sites for hydroxylation is 1. The van der Waals surface area contributed by atoms with E-state index in [0.717, 1.165) is 23.3 Å². The minimum Gasteiger partial charge on any atom is -0.496 e. The summed E-state index contributed by atoms with van der Waals surface area (Å²) in [6.45, 7) is 6.54. The largest absolute Gasteiger partial charge is 0.496 e. The summed E-state index contributed by atoms with van der Waals surface area (Å²) in [5.41, 5.74) is 1.88. The van der Waals surface area contributed by atoms with Gasteiger partial charge in [-0.15, -0.1) is 0 Å². The smallest absolute Gasteiger partial charge is 0.243 e. The maximum Gasteiger partial charge on any atom is 0.243 e. The second-order valence-electron chi connectivity index (χ2n) is 7.00. The van der Waals surface area contributed by atoms with Gasteiger partial charge in [0.1, 0.15) is 5.75 Å². The second kappa shape index (κ2) is 11.1. The molecular weight excluding hydrogens is 400 g/mol. The summed E-state index contributed by atoms with van der Waals surface area (Å²) in [4.78, 5) is 12.8. The molecule has 0 saturated heterocycles. The number of amides is 1. The second-order valence-corrected chi connectivity index (χ2v) is 8.94. The van der Waals surface area contributed by atoms with Crippen molar-refractivity contribution in [2.45, 2.75) is 51.0 Å². The average Bonchev–Trinajstić information content (AvgIpc) is 2.77. The van der Waals surface area contributed by atoms with Crippen molar-refractivity contribution in [1.29, 1.82) is 0 Å². The van der Waals surface area contributed by atoms with Crippen LogP contribution in [0.5, 0.6) is 5.75 Å². The summed E-state index contributed by atoms with van der Waals surface area (Å²) in [5, 5.41) is 3.07. The number of hydrogen-bond acceptors (Lipinski definition) is 4. The normalized spacial score (nSPS) is 12.6. The molecule has 2 aromatic carbocycles. The van der Waals surface area contributed by atoms with E-state index in [9.17, 15) is 13.2 Å². The molecular formula is C23H32N2O4S. The highest BCUT2D eigenvalue weighted by atomic mass is 32.2. The number of carbonyl (C=O) groups excluding carboxylic acids is 1. The van der Waals surface area contributed by atoms with E-state index in [1.165, 1.54) is 4.31 Å². The predicted octanol–water partition coefficient (Wildman–Crippen LogP) is 3.93. The molecule has 7 heteroatoms. The minimum absolute atomic E-state index is 0.0485. The molecule has 0 spiro atoms. The van der Waals surface area contributed by atoms with Gasteiger partial charge >= 0.3 is 0 Å². The Kier molecular flexibility index (Phi) is 8.87. The first kappa shape index (κ1) is 23.9. The van der Waals surface area contributed by atoms with E-state index in [1.54, 1.807) is 31.4 Å². The molecule has 0 aliphatic rings. The van der Waals surface area contributed by atoms with E-state index in [4.69, 9.17) is 4.74 Å². The topological polar surface area (TPSA) is 75.7 Å². The first-order chi connectivity index (χ1) is 14.4. The summed E-state index contributed by atoms with van der Waals surface area (Å²) in [7, 11) is -1.84. The van der Waals surface area contributed by atoms with Crippen LogP contribution in [0.25, 0.3) is 0 Å². The van der Waals surface area contributed by atoms with Gasteiger partial charge in [0.15, 0.2) is 0 Å². The highest BCUT2D eigenvalue weighted by molar-refractivity contribution is 7.89. The molecule has 0 saturated carbocycles. The molecule has 0 heterocycles. The molecule has 1 unspecified atom stereocenters. The third kappa shape index (κ3) is 5.83. The highest BCUT2D eigenvalue weighted by Gasteiger charge is 2.21. The van der Waals surface area contributed by atoms with Crippen LogP contribution in [0.3, 0.4) is 0 Å². The zero-order valence-electron chi connectivity index (χ0n) is 18.2. The number of carbonyl (C=O) groups is 1. The Hall–Kier alpha value is -2.38. The quantitative estimate of drug-likeness (QED) is 0.584. The molecule has 2 rings (SSSR count). The summed E-state index contributed by atoms with van der Waals surface area (Å²) >= 11 is 0. The van der Waals surface area contributed by atoms with Gasteiger partial charge in [-0.3, -0.25) is 4.79 Å². The molecule has 1 amide bonds. The number of rotatable bonds is 11. The molecule has 1 atom stereocenters. The van der Waals surface area contributed by atoms with E-state index in [1.807, 2.05) is 45.0 Å². The SMILES string of the molecule is CCC(NC(=O)CCc1ccc(S(=O)(=O)N(CC)CC)cc1)c1ccccc1OC. The number of para-hydroxylation sites is 1. The summed E-state index contributed by atoms with van der Waals surface area (Å²) in [6.07, 6.45) is 1.62. The number of sulfonamides is 1. The van der Waals surface area contributed by atoms with Crippen LogP contribution in [0.4, 0.5) is 0 Å². The molecule has 0 radical (unpaired) electrons. The van der Waals surface area contributed by atoms with Crippen molar-refractivity contribution in [3.8, 4) is 5.75 Å². The first-order valence-corrected chi connectivity index (χ1v) is 11.8. The fourth-order valence-corrected chi connectivity index (χ4v) is 4.88. The highest BCUT2D eigenvalue weighted by Crippen LogP contribution is 2.27. The van der Waals surface area contributed by atoms with Crippen LogP contribution >= 0.6 is 0 Å². The number of nitrogens with one attached hydrogen (secondary N) is 1. The Morgan fingerprint density at radius 2 is 1.67 bits per heavy atom. The Balaban J connectivity index is 1.99. The summed E-state index contributed by atoms with van der Waals surface area (Å²) in [5.74, 6) is 0.710. The molecule has 0 aliphatic heterocycles. The zero-order chi connectivity index (χ0) is 22.1. The average molecular weight is 433 g/mol. The fraction of sp³-hybridized carbons (Fsp3) is 0.435. The van der Waals surface area contributed by atoms with Crippen LogP contribution in [-0.4, -0.2) is 38.8 Å². The molecule has 0 aliphatic carbocycles. The van der Waals surface area contributed by atoms with Crippen molar-refractivity contribution < 1.29 is 17.9 Å². The van der Waals surface area contributed by atoms with Crippen molar-refractivity contribution in [3.05, 3.63) is 59.7 Å². The van der Waals surface area contributed by atoms with Crippen LogP contribution in [0.2, 0.25) is 0 Å². The fourth-order valence-electron chi connectivity index (χ4n) is 3.42. The van der Waals surface area contributed by atoms with Crippen LogP contribution < -0.4 is 10.1 Å². The Morgan fingerprint density at radius 3 is 2.23 bits per heavy atom.